The predicted octanol–water partition coefficient (Wildman–Crippen LogP) is 2.33. The summed E-state index contributed by atoms with van der Waals surface area (Å²) in [4.78, 5) is 24.5. The first-order valence-corrected chi connectivity index (χ1v) is 6.89. The van der Waals surface area contributed by atoms with Crippen LogP contribution in [0.1, 0.15) is 5.56 Å². The van der Waals surface area contributed by atoms with Gasteiger partial charge in [-0.2, -0.15) is 0 Å². The number of nitrogens with zero attached hydrogens (tertiary/aromatic N) is 2. The molecule has 3 aromatic rings. The zero-order valence-electron chi connectivity index (χ0n) is 11.9. The maximum absolute atomic E-state index is 13.7. The third kappa shape index (κ3) is 2.83. The second-order valence-electron chi connectivity index (χ2n) is 4.94. The molecular weight excluding hydrogens is 302 g/mol. The Hall–Kier alpha value is -3.02. The Morgan fingerprint density at radius 3 is 2.13 bits per heavy atom. The molecule has 0 aliphatic carbocycles. The van der Waals surface area contributed by atoms with E-state index in [1.807, 2.05) is 0 Å². The highest BCUT2D eigenvalue weighted by atomic mass is 19.1. The van der Waals surface area contributed by atoms with Gasteiger partial charge >= 0.3 is 5.69 Å². The molecule has 6 heteroatoms. The molecule has 0 N–H and O–H groups in total. The van der Waals surface area contributed by atoms with Gasteiger partial charge in [-0.1, -0.05) is 24.3 Å². The van der Waals surface area contributed by atoms with Crippen molar-refractivity contribution >= 4 is 0 Å². The molecule has 4 nitrogen and oxygen atoms in total. The summed E-state index contributed by atoms with van der Waals surface area (Å²) in [5.74, 6) is -1.48. The van der Waals surface area contributed by atoms with Gasteiger partial charge in [0.25, 0.3) is 5.56 Å². The number of halogens is 2. The van der Waals surface area contributed by atoms with Crippen molar-refractivity contribution in [3.63, 3.8) is 0 Å². The zero-order valence-corrected chi connectivity index (χ0v) is 11.9. The molecule has 0 saturated heterocycles. The van der Waals surface area contributed by atoms with Crippen molar-refractivity contribution in [3.8, 4) is 5.69 Å². The van der Waals surface area contributed by atoms with Crippen LogP contribution in [0, 0.1) is 11.6 Å². The van der Waals surface area contributed by atoms with E-state index in [2.05, 4.69) is 0 Å². The summed E-state index contributed by atoms with van der Waals surface area (Å²) in [6.07, 6.45) is 1.23. The number of benzene rings is 2. The number of rotatable bonds is 3. The molecule has 0 saturated carbocycles. The molecule has 0 unspecified atom stereocenters. The number of para-hydroxylation sites is 1. The van der Waals surface area contributed by atoms with Gasteiger partial charge in [0.05, 0.1) is 12.2 Å². The quantitative estimate of drug-likeness (QED) is 0.745. The zero-order chi connectivity index (χ0) is 16.4. The first-order valence-electron chi connectivity index (χ1n) is 6.89. The predicted molar refractivity (Wildman–Crippen MR) is 81.8 cm³/mol. The summed E-state index contributed by atoms with van der Waals surface area (Å²) >= 11 is 0. The molecule has 23 heavy (non-hydrogen) atoms. The van der Waals surface area contributed by atoms with Crippen molar-refractivity contribution in [2.24, 2.45) is 0 Å². The van der Waals surface area contributed by atoms with Crippen molar-refractivity contribution in [1.82, 2.24) is 9.13 Å². The van der Waals surface area contributed by atoms with E-state index in [1.165, 1.54) is 18.3 Å². The van der Waals surface area contributed by atoms with Gasteiger partial charge in [-0.3, -0.25) is 9.36 Å². The lowest BCUT2D eigenvalue weighted by molar-refractivity contribution is 0.536. The highest BCUT2D eigenvalue weighted by molar-refractivity contribution is 5.31. The normalized spacial score (nSPS) is 10.7. The Morgan fingerprint density at radius 1 is 0.826 bits per heavy atom. The Labute approximate surface area is 129 Å². The molecule has 2 aromatic carbocycles. The van der Waals surface area contributed by atoms with Gasteiger partial charge in [-0.15, -0.1) is 0 Å². The third-order valence-corrected chi connectivity index (χ3v) is 3.46. The van der Waals surface area contributed by atoms with E-state index in [0.717, 1.165) is 21.3 Å². The molecule has 0 spiro atoms. The van der Waals surface area contributed by atoms with Crippen molar-refractivity contribution in [2.45, 2.75) is 6.54 Å². The first-order chi connectivity index (χ1) is 11.1. The molecule has 1 heterocycles. The van der Waals surface area contributed by atoms with E-state index < -0.39 is 22.9 Å². The summed E-state index contributed by atoms with van der Waals surface area (Å²) in [5.41, 5.74) is -1.00. The fourth-order valence-corrected chi connectivity index (χ4v) is 2.30. The van der Waals surface area contributed by atoms with Crippen LogP contribution >= 0.6 is 0 Å². The molecule has 116 valence electrons. The maximum atomic E-state index is 13.7. The standard InChI is InChI=1S/C17H12F2N2O2/c18-14-7-4-8-15(19)13(14)11-20-10-9-16(22)21(17(20)23)12-5-2-1-3-6-12/h1-10H,11H2. The minimum atomic E-state index is -0.741. The van der Waals surface area contributed by atoms with E-state index in [1.54, 1.807) is 30.3 Å². The molecule has 0 aliphatic heterocycles. The topological polar surface area (TPSA) is 44.0 Å². The number of aromatic nitrogens is 2. The van der Waals surface area contributed by atoms with Crippen molar-refractivity contribution in [3.05, 3.63) is 98.8 Å². The molecule has 0 atom stereocenters. The summed E-state index contributed by atoms with van der Waals surface area (Å²) in [7, 11) is 0. The first kappa shape index (κ1) is 14.9. The highest BCUT2D eigenvalue weighted by Crippen LogP contribution is 2.12. The smallest absolute Gasteiger partial charge is 0.295 e. The van der Waals surface area contributed by atoms with Crippen LogP contribution in [0.5, 0.6) is 0 Å². The van der Waals surface area contributed by atoms with Gasteiger partial charge in [0.2, 0.25) is 0 Å². The van der Waals surface area contributed by atoms with Crippen molar-refractivity contribution < 1.29 is 8.78 Å². The fourth-order valence-electron chi connectivity index (χ4n) is 2.30. The lowest BCUT2D eigenvalue weighted by Crippen LogP contribution is -2.38. The second-order valence-corrected chi connectivity index (χ2v) is 4.94. The molecule has 0 fully saturated rings. The van der Waals surface area contributed by atoms with Crippen LogP contribution in [0.2, 0.25) is 0 Å². The Kier molecular flexibility index (Phi) is 3.89. The third-order valence-electron chi connectivity index (χ3n) is 3.46. The summed E-state index contributed by atoms with van der Waals surface area (Å²) in [6, 6.07) is 13.0. The van der Waals surface area contributed by atoms with Gasteiger partial charge < -0.3 is 0 Å². The van der Waals surface area contributed by atoms with E-state index in [9.17, 15) is 18.4 Å². The Balaban J connectivity index is 2.13. The van der Waals surface area contributed by atoms with E-state index in [4.69, 9.17) is 0 Å². The molecule has 3 rings (SSSR count). The SMILES string of the molecule is O=c1ccn(Cc2c(F)cccc2F)c(=O)n1-c1ccccc1. The second kappa shape index (κ2) is 6.00. The molecule has 0 aliphatic rings. The van der Waals surface area contributed by atoms with Crippen LogP contribution < -0.4 is 11.2 Å². The van der Waals surface area contributed by atoms with Gasteiger partial charge in [0.15, 0.2) is 0 Å². The summed E-state index contributed by atoms with van der Waals surface area (Å²) < 4.78 is 29.5. The summed E-state index contributed by atoms with van der Waals surface area (Å²) in [5, 5.41) is 0. The monoisotopic (exact) mass is 314 g/mol. The fraction of sp³-hybridized carbons (Fsp3) is 0.0588. The van der Waals surface area contributed by atoms with Crippen LogP contribution in [-0.4, -0.2) is 9.13 Å². The van der Waals surface area contributed by atoms with Crippen LogP contribution in [0.15, 0.2) is 70.4 Å². The number of hydrogen-bond donors (Lipinski definition) is 0. The largest absolute Gasteiger partial charge is 0.335 e. The minimum Gasteiger partial charge on any atom is -0.295 e. The van der Waals surface area contributed by atoms with Crippen LogP contribution in [0.4, 0.5) is 8.78 Å². The lowest BCUT2D eigenvalue weighted by Gasteiger charge is -2.11. The van der Waals surface area contributed by atoms with E-state index >= 15 is 0 Å². The molecule has 0 radical (unpaired) electrons. The highest BCUT2D eigenvalue weighted by Gasteiger charge is 2.12. The number of hydrogen-bond acceptors (Lipinski definition) is 2. The minimum absolute atomic E-state index is 0.229. The van der Waals surface area contributed by atoms with Crippen molar-refractivity contribution in [2.75, 3.05) is 0 Å². The molecule has 1 aromatic heterocycles. The van der Waals surface area contributed by atoms with Gasteiger partial charge in [-0.25, -0.2) is 18.1 Å². The van der Waals surface area contributed by atoms with Crippen LogP contribution in [0.25, 0.3) is 5.69 Å². The Bertz CT molecular complexity index is 942. The van der Waals surface area contributed by atoms with Gasteiger partial charge in [-0.05, 0) is 24.3 Å². The molecular formula is C17H12F2N2O2. The van der Waals surface area contributed by atoms with Gasteiger partial charge in [0.1, 0.15) is 11.6 Å². The average molecular weight is 314 g/mol. The molecule has 0 bridgehead atoms. The average Bonchev–Trinajstić information content (AvgIpc) is 2.54. The summed E-state index contributed by atoms with van der Waals surface area (Å²) in [6.45, 7) is -0.301. The van der Waals surface area contributed by atoms with E-state index in [0.29, 0.717) is 5.69 Å². The van der Waals surface area contributed by atoms with Gasteiger partial charge in [0, 0.05) is 17.8 Å². The Morgan fingerprint density at radius 2 is 1.48 bits per heavy atom. The maximum Gasteiger partial charge on any atom is 0.335 e. The van der Waals surface area contributed by atoms with Crippen LogP contribution in [0.3, 0.4) is 0 Å². The van der Waals surface area contributed by atoms with Crippen LogP contribution in [-0.2, 0) is 6.54 Å². The van der Waals surface area contributed by atoms with Crippen molar-refractivity contribution in [1.29, 1.82) is 0 Å². The van der Waals surface area contributed by atoms with E-state index in [-0.39, 0.29) is 12.1 Å². The molecule has 0 amide bonds. The lowest BCUT2D eigenvalue weighted by atomic mass is 10.2.